The fourth-order valence-corrected chi connectivity index (χ4v) is 3.27. The molecule has 2 N–H and O–H groups in total. The molecule has 0 aliphatic carbocycles. The van der Waals surface area contributed by atoms with Crippen molar-refractivity contribution in [2.75, 3.05) is 5.32 Å². The van der Waals surface area contributed by atoms with Crippen molar-refractivity contribution in [2.24, 2.45) is 7.05 Å². The van der Waals surface area contributed by atoms with Gasteiger partial charge in [0.15, 0.2) is 0 Å². The molecule has 0 radical (unpaired) electrons. The summed E-state index contributed by atoms with van der Waals surface area (Å²) in [4.78, 5) is 24.2. The average molecular weight is 380 g/mol. The fourth-order valence-electron chi connectivity index (χ4n) is 3.09. The molecule has 0 saturated heterocycles. The van der Waals surface area contributed by atoms with Crippen molar-refractivity contribution in [3.05, 3.63) is 75.8 Å². The molecular formula is C20H18ClN5O. The lowest BCUT2D eigenvalue weighted by Gasteiger charge is -2.15. The average Bonchev–Trinajstić information content (AvgIpc) is 3.07. The van der Waals surface area contributed by atoms with Crippen LogP contribution < -0.4 is 10.9 Å². The van der Waals surface area contributed by atoms with Gasteiger partial charge in [0.2, 0.25) is 5.95 Å². The molecule has 4 aromatic rings. The molecule has 0 bridgehead atoms. The van der Waals surface area contributed by atoms with E-state index in [1.54, 1.807) is 18.3 Å². The third-order valence-corrected chi connectivity index (χ3v) is 4.74. The Bertz CT molecular complexity index is 1180. The molecule has 6 nitrogen and oxygen atoms in total. The number of nitrogens with zero attached hydrogens (tertiary/aromatic N) is 3. The second-order valence-electron chi connectivity index (χ2n) is 6.42. The Morgan fingerprint density at radius 2 is 2.07 bits per heavy atom. The Morgan fingerprint density at radius 1 is 1.22 bits per heavy atom. The summed E-state index contributed by atoms with van der Waals surface area (Å²) in [7, 11) is 1.97. The molecule has 3 aromatic heterocycles. The molecule has 4 rings (SSSR count). The lowest BCUT2D eigenvalue weighted by molar-refractivity contribution is 0.844. The minimum Gasteiger partial charge on any atom is -0.349 e. The van der Waals surface area contributed by atoms with Gasteiger partial charge in [-0.25, -0.2) is 9.97 Å². The van der Waals surface area contributed by atoms with E-state index in [9.17, 15) is 4.79 Å². The van der Waals surface area contributed by atoms with E-state index in [1.165, 1.54) is 0 Å². The molecule has 1 unspecified atom stereocenters. The second kappa shape index (κ2) is 6.89. The van der Waals surface area contributed by atoms with E-state index in [0.29, 0.717) is 16.5 Å². The van der Waals surface area contributed by atoms with Crippen LogP contribution in [0.2, 0.25) is 5.02 Å². The van der Waals surface area contributed by atoms with Crippen LogP contribution in [0.25, 0.3) is 22.3 Å². The molecule has 1 aromatic carbocycles. The molecule has 0 aliphatic heterocycles. The Hall–Kier alpha value is -3.12. The summed E-state index contributed by atoms with van der Waals surface area (Å²) in [6.45, 7) is 1.90. The number of pyridine rings is 1. The molecular weight excluding hydrogens is 362 g/mol. The van der Waals surface area contributed by atoms with Crippen LogP contribution in [-0.4, -0.2) is 19.5 Å². The number of H-pyrrole nitrogens is 1. The zero-order chi connectivity index (χ0) is 19.0. The van der Waals surface area contributed by atoms with Crippen molar-refractivity contribution in [3.8, 4) is 11.4 Å². The van der Waals surface area contributed by atoms with Crippen LogP contribution in [0.4, 0.5) is 5.95 Å². The number of rotatable bonds is 4. The van der Waals surface area contributed by atoms with E-state index in [0.717, 1.165) is 22.3 Å². The first-order chi connectivity index (χ1) is 13.0. The topological polar surface area (TPSA) is 75.6 Å². The maximum Gasteiger partial charge on any atom is 0.253 e. The van der Waals surface area contributed by atoms with Crippen molar-refractivity contribution >= 4 is 28.5 Å². The molecule has 0 aliphatic rings. The molecule has 0 fully saturated rings. The number of hydrogen-bond acceptors (Lipinski definition) is 4. The monoisotopic (exact) mass is 379 g/mol. The van der Waals surface area contributed by atoms with Gasteiger partial charge >= 0.3 is 0 Å². The van der Waals surface area contributed by atoms with Crippen LogP contribution in [0.3, 0.4) is 0 Å². The first-order valence-electron chi connectivity index (χ1n) is 8.55. The molecule has 0 spiro atoms. The lowest BCUT2D eigenvalue weighted by Crippen LogP contribution is -2.20. The summed E-state index contributed by atoms with van der Waals surface area (Å²) < 4.78 is 1.99. The minimum absolute atomic E-state index is 0.150. The SMILES string of the molecule is CC(Nc1nccc(-c2cccn2C)n1)c1cc2cc(Cl)ccc2[nH]c1=O. The van der Waals surface area contributed by atoms with Crippen molar-refractivity contribution in [2.45, 2.75) is 13.0 Å². The maximum atomic E-state index is 12.5. The molecule has 27 heavy (non-hydrogen) atoms. The number of nitrogens with one attached hydrogen (secondary N) is 2. The normalized spacial score (nSPS) is 12.3. The van der Waals surface area contributed by atoms with Gasteiger partial charge in [-0.2, -0.15) is 0 Å². The molecule has 136 valence electrons. The van der Waals surface area contributed by atoms with Gasteiger partial charge in [0, 0.05) is 40.9 Å². The summed E-state index contributed by atoms with van der Waals surface area (Å²) in [5.74, 6) is 0.465. The highest BCUT2D eigenvalue weighted by molar-refractivity contribution is 6.31. The van der Waals surface area contributed by atoms with Gasteiger partial charge in [0.25, 0.3) is 5.56 Å². The summed E-state index contributed by atoms with van der Waals surface area (Å²) in [5, 5.41) is 4.72. The fraction of sp³-hybridized carbons (Fsp3) is 0.150. The number of anilines is 1. The Balaban J connectivity index is 1.65. The van der Waals surface area contributed by atoms with Gasteiger partial charge in [-0.05, 0) is 49.4 Å². The van der Waals surface area contributed by atoms with E-state index < -0.39 is 0 Å². The van der Waals surface area contributed by atoms with Crippen LogP contribution >= 0.6 is 11.6 Å². The zero-order valence-corrected chi connectivity index (χ0v) is 15.7. The molecule has 1 atom stereocenters. The summed E-state index contributed by atoms with van der Waals surface area (Å²) in [5.41, 5.74) is 3.00. The number of benzene rings is 1. The van der Waals surface area contributed by atoms with E-state index in [1.807, 2.05) is 55.1 Å². The van der Waals surface area contributed by atoms with E-state index in [2.05, 4.69) is 20.3 Å². The zero-order valence-electron chi connectivity index (χ0n) is 14.9. The maximum absolute atomic E-state index is 12.5. The Morgan fingerprint density at radius 3 is 2.85 bits per heavy atom. The van der Waals surface area contributed by atoms with Gasteiger partial charge in [0.1, 0.15) is 0 Å². The van der Waals surface area contributed by atoms with Crippen LogP contribution in [0, 0.1) is 0 Å². The first-order valence-corrected chi connectivity index (χ1v) is 8.93. The predicted molar refractivity (Wildman–Crippen MR) is 108 cm³/mol. The Kier molecular flexibility index (Phi) is 4.41. The largest absolute Gasteiger partial charge is 0.349 e. The highest BCUT2D eigenvalue weighted by Gasteiger charge is 2.13. The van der Waals surface area contributed by atoms with Crippen LogP contribution in [0.1, 0.15) is 18.5 Å². The lowest BCUT2D eigenvalue weighted by atomic mass is 10.1. The second-order valence-corrected chi connectivity index (χ2v) is 6.86. The van der Waals surface area contributed by atoms with Gasteiger partial charge < -0.3 is 14.9 Å². The number of halogens is 1. The molecule has 3 heterocycles. The van der Waals surface area contributed by atoms with E-state index in [4.69, 9.17) is 11.6 Å². The Labute approximate surface area is 160 Å². The summed E-state index contributed by atoms with van der Waals surface area (Å²) in [6.07, 6.45) is 3.67. The van der Waals surface area contributed by atoms with E-state index in [-0.39, 0.29) is 11.6 Å². The minimum atomic E-state index is -0.277. The summed E-state index contributed by atoms with van der Waals surface area (Å²) in [6, 6.07) is 12.8. The van der Waals surface area contributed by atoms with Gasteiger partial charge in [-0.15, -0.1) is 0 Å². The predicted octanol–water partition coefficient (Wildman–Crippen LogP) is 4.15. The third-order valence-electron chi connectivity index (χ3n) is 4.51. The highest BCUT2D eigenvalue weighted by Crippen LogP contribution is 2.22. The first kappa shape index (κ1) is 17.3. The number of fused-ring (bicyclic) bond motifs is 1. The van der Waals surface area contributed by atoms with E-state index >= 15 is 0 Å². The van der Waals surface area contributed by atoms with Crippen LogP contribution in [-0.2, 0) is 7.05 Å². The smallest absolute Gasteiger partial charge is 0.253 e. The van der Waals surface area contributed by atoms with Crippen molar-refractivity contribution in [1.82, 2.24) is 19.5 Å². The van der Waals surface area contributed by atoms with Gasteiger partial charge in [-0.1, -0.05) is 11.6 Å². The van der Waals surface area contributed by atoms with Crippen LogP contribution in [0.15, 0.2) is 59.7 Å². The molecule has 7 heteroatoms. The summed E-state index contributed by atoms with van der Waals surface area (Å²) >= 11 is 6.07. The number of aromatic nitrogens is 4. The highest BCUT2D eigenvalue weighted by atomic mass is 35.5. The molecule has 0 amide bonds. The van der Waals surface area contributed by atoms with Crippen molar-refractivity contribution < 1.29 is 0 Å². The van der Waals surface area contributed by atoms with Gasteiger partial charge in [0.05, 0.1) is 17.4 Å². The standard InChI is InChI=1S/C20H18ClN5O/c1-12(15-11-13-10-14(21)5-6-16(13)24-19(15)27)23-20-22-8-7-17(25-20)18-4-3-9-26(18)2/h3-12H,1-2H3,(H,24,27)(H,22,23,25). The van der Waals surface area contributed by atoms with Gasteiger partial charge in [-0.3, -0.25) is 4.79 Å². The number of hydrogen-bond donors (Lipinski definition) is 2. The van der Waals surface area contributed by atoms with Crippen molar-refractivity contribution in [1.29, 1.82) is 0 Å². The van der Waals surface area contributed by atoms with Crippen molar-refractivity contribution in [3.63, 3.8) is 0 Å². The van der Waals surface area contributed by atoms with Crippen LogP contribution in [0.5, 0.6) is 0 Å². The number of aromatic amines is 1. The third kappa shape index (κ3) is 3.44. The molecule has 0 saturated carbocycles. The quantitative estimate of drug-likeness (QED) is 0.558. The number of aryl methyl sites for hydroxylation is 1.